The highest BCUT2D eigenvalue weighted by molar-refractivity contribution is 7.92. The Kier molecular flexibility index (Phi) is 6.57. The highest BCUT2D eigenvalue weighted by Crippen LogP contribution is 2.41. The summed E-state index contributed by atoms with van der Waals surface area (Å²) in [6.07, 6.45) is 0.993. The van der Waals surface area contributed by atoms with Gasteiger partial charge < -0.3 is 23.7 Å². The zero-order valence-electron chi connectivity index (χ0n) is 16.1. The van der Waals surface area contributed by atoms with Gasteiger partial charge in [-0.1, -0.05) is 0 Å². The Morgan fingerprint density at radius 3 is 1.89 bits per heavy atom. The van der Waals surface area contributed by atoms with Crippen molar-refractivity contribution in [3.63, 3.8) is 0 Å². The van der Waals surface area contributed by atoms with Crippen molar-refractivity contribution in [3.8, 4) is 28.7 Å². The number of esters is 1. The molecule has 0 bridgehead atoms. The van der Waals surface area contributed by atoms with Gasteiger partial charge in [-0.15, -0.1) is 0 Å². The number of carbonyl (C=O) groups excluding carboxylic acids is 1. The minimum Gasteiger partial charge on any atom is -0.495 e. The standard InChI is InChI=1S/C18H21NO8S/c1-23-14-7-6-11(8-13(14)19-28(5,21)22)18(20)27-12-9-15(24-2)17(26-4)16(10-12)25-3/h6-10,19H,1-5H3. The van der Waals surface area contributed by atoms with Crippen LogP contribution in [-0.4, -0.2) is 49.1 Å². The number of sulfonamides is 1. The van der Waals surface area contributed by atoms with Gasteiger partial charge in [-0.3, -0.25) is 4.72 Å². The van der Waals surface area contributed by atoms with Crippen molar-refractivity contribution in [1.82, 2.24) is 0 Å². The van der Waals surface area contributed by atoms with E-state index < -0.39 is 16.0 Å². The first-order chi connectivity index (χ1) is 13.2. The van der Waals surface area contributed by atoms with Crippen molar-refractivity contribution in [2.45, 2.75) is 0 Å². The zero-order valence-corrected chi connectivity index (χ0v) is 16.9. The van der Waals surface area contributed by atoms with E-state index in [0.29, 0.717) is 17.2 Å². The van der Waals surface area contributed by atoms with Gasteiger partial charge in [-0.05, 0) is 18.2 Å². The third kappa shape index (κ3) is 4.97. The number of methoxy groups -OCH3 is 4. The summed E-state index contributed by atoms with van der Waals surface area (Å²) in [5.74, 6) is 0.697. The summed E-state index contributed by atoms with van der Waals surface area (Å²) < 4.78 is 51.5. The van der Waals surface area contributed by atoms with Gasteiger partial charge in [0.2, 0.25) is 15.8 Å². The van der Waals surface area contributed by atoms with Gasteiger partial charge in [0.1, 0.15) is 11.5 Å². The van der Waals surface area contributed by atoms with Crippen LogP contribution in [0, 0.1) is 0 Å². The van der Waals surface area contributed by atoms with Crippen LogP contribution in [-0.2, 0) is 10.0 Å². The second kappa shape index (κ2) is 8.70. The molecule has 0 aliphatic carbocycles. The smallest absolute Gasteiger partial charge is 0.343 e. The molecule has 2 aromatic carbocycles. The van der Waals surface area contributed by atoms with E-state index in [-0.39, 0.29) is 22.7 Å². The van der Waals surface area contributed by atoms with Crippen LogP contribution < -0.4 is 28.4 Å². The first-order valence-electron chi connectivity index (χ1n) is 7.90. The predicted molar refractivity (Wildman–Crippen MR) is 103 cm³/mol. The molecule has 0 unspecified atom stereocenters. The van der Waals surface area contributed by atoms with Crippen molar-refractivity contribution in [1.29, 1.82) is 0 Å². The van der Waals surface area contributed by atoms with Crippen LogP contribution in [0.4, 0.5) is 5.69 Å². The maximum absolute atomic E-state index is 12.5. The second-order valence-electron chi connectivity index (χ2n) is 5.54. The SMILES string of the molecule is COc1ccc(C(=O)Oc2cc(OC)c(OC)c(OC)c2)cc1NS(C)(=O)=O. The summed E-state index contributed by atoms with van der Waals surface area (Å²) in [6.45, 7) is 0. The van der Waals surface area contributed by atoms with Gasteiger partial charge >= 0.3 is 5.97 Å². The van der Waals surface area contributed by atoms with Gasteiger partial charge in [0.15, 0.2) is 11.5 Å². The van der Waals surface area contributed by atoms with E-state index in [9.17, 15) is 13.2 Å². The molecule has 0 aliphatic heterocycles. The molecule has 28 heavy (non-hydrogen) atoms. The van der Waals surface area contributed by atoms with E-state index >= 15 is 0 Å². The van der Waals surface area contributed by atoms with Gasteiger partial charge in [-0.25, -0.2) is 13.2 Å². The molecule has 0 amide bonds. The predicted octanol–water partition coefficient (Wildman–Crippen LogP) is 2.31. The first-order valence-corrected chi connectivity index (χ1v) is 9.79. The van der Waals surface area contributed by atoms with E-state index in [1.807, 2.05) is 0 Å². The number of carbonyl (C=O) groups is 1. The quantitative estimate of drug-likeness (QED) is 0.521. The fourth-order valence-electron chi connectivity index (χ4n) is 2.40. The topological polar surface area (TPSA) is 109 Å². The van der Waals surface area contributed by atoms with Gasteiger partial charge in [0, 0.05) is 12.1 Å². The zero-order chi connectivity index (χ0) is 20.9. The Morgan fingerprint density at radius 2 is 1.43 bits per heavy atom. The number of rotatable bonds is 8. The third-order valence-electron chi connectivity index (χ3n) is 3.58. The van der Waals surface area contributed by atoms with Crippen LogP contribution in [0.1, 0.15) is 10.4 Å². The van der Waals surface area contributed by atoms with E-state index in [1.165, 1.54) is 58.8 Å². The molecule has 2 rings (SSSR count). The lowest BCUT2D eigenvalue weighted by atomic mass is 10.2. The largest absolute Gasteiger partial charge is 0.495 e. The van der Waals surface area contributed by atoms with Gasteiger partial charge in [-0.2, -0.15) is 0 Å². The number of hydrogen-bond acceptors (Lipinski definition) is 8. The number of anilines is 1. The van der Waals surface area contributed by atoms with Crippen LogP contribution in [0.3, 0.4) is 0 Å². The fraction of sp³-hybridized carbons (Fsp3) is 0.278. The molecular formula is C18H21NO8S. The van der Waals surface area contributed by atoms with E-state index in [1.54, 1.807) is 0 Å². The maximum Gasteiger partial charge on any atom is 0.343 e. The molecule has 0 aliphatic rings. The van der Waals surface area contributed by atoms with Crippen molar-refractivity contribution in [2.24, 2.45) is 0 Å². The highest BCUT2D eigenvalue weighted by atomic mass is 32.2. The van der Waals surface area contributed by atoms with Crippen molar-refractivity contribution in [3.05, 3.63) is 35.9 Å². The summed E-state index contributed by atoms with van der Waals surface area (Å²) >= 11 is 0. The molecule has 0 saturated carbocycles. The molecule has 0 aromatic heterocycles. The molecule has 0 spiro atoms. The molecule has 0 heterocycles. The summed E-state index contributed by atoms with van der Waals surface area (Å²) in [7, 11) is 2.16. The Labute approximate surface area is 163 Å². The minimum absolute atomic E-state index is 0.112. The average Bonchev–Trinajstić information content (AvgIpc) is 2.65. The normalized spacial score (nSPS) is 10.8. The molecule has 0 atom stereocenters. The van der Waals surface area contributed by atoms with E-state index in [0.717, 1.165) is 6.26 Å². The Bertz CT molecular complexity index is 947. The van der Waals surface area contributed by atoms with Gasteiger partial charge in [0.05, 0.1) is 45.9 Å². The van der Waals surface area contributed by atoms with Crippen molar-refractivity contribution < 1.29 is 36.9 Å². The maximum atomic E-state index is 12.5. The lowest BCUT2D eigenvalue weighted by Crippen LogP contribution is -2.13. The third-order valence-corrected chi connectivity index (χ3v) is 4.17. The van der Waals surface area contributed by atoms with E-state index in [4.69, 9.17) is 23.7 Å². The molecule has 10 heteroatoms. The number of nitrogens with one attached hydrogen (secondary N) is 1. The van der Waals surface area contributed by atoms with Crippen LogP contribution in [0.2, 0.25) is 0 Å². The molecular weight excluding hydrogens is 390 g/mol. The van der Waals surface area contributed by atoms with Crippen LogP contribution in [0.15, 0.2) is 30.3 Å². The lowest BCUT2D eigenvalue weighted by Gasteiger charge is -2.14. The number of ether oxygens (including phenoxy) is 5. The molecule has 1 N–H and O–H groups in total. The molecule has 0 radical (unpaired) electrons. The lowest BCUT2D eigenvalue weighted by molar-refractivity contribution is 0.0734. The van der Waals surface area contributed by atoms with Crippen LogP contribution >= 0.6 is 0 Å². The summed E-state index contributed by atoms with van der Waals surface area (Å²) in [5.41, 5.74) is 0.227. The average molecular weight is 411 g/mol. The molecule has 0 saturated heterocycles. The Balaban J connectivity index is 2.36. The first kappa shape index (κ1) is 21.2. The Hall–Kier alpha value is -3.14. The fourth-order valence-corrected chi connectivity index (χ4v) is 2.96. The summed E-state index contributed by atoms with van der Waals surface area (Å²) in [5, 5.41) is 0. The highest BCUT2D eigenvalue weighted by Gasteiger charge is 2.18. The van der Waals surface area contributed by atoms with Crippen molar-refractivity contribution >= 4 is 21.7 Å². The van der Waals surface area contributed by atoms with E-state index in [2.05, 4.69) is 4.72 Å². The second-order valence-corrected chi connectivity index (χ2v) is 7.29. The van der Waals surface area contributed by atoms with Crippen LogP contribution in [0.5, 0.6) is 28.7 Å². The summed E-state index contributed by atoms with van der Waals surface area (Å²) in [6, 6.07) is 7.17. The van der Waals surface area contributed by atoms with Gasteiger partial charge in [0.25, 0.3) is 0 Å². The molecule has 152 valence electrons. The number of hydrogen-bond donors (Lipinski definition) is 1. The molecule has 9 nitrogen and oxygen atoms in total. The summed E-state index contributed by atoms with van der Waals surface area (Å²) in [4.78, 5) is 12.5. The molecule has 0 fully saturated rings. The van der Waals surface area contributed by atoms with Crippen molar-refractivity contribution in [2.75, 3.05) is 39.4 Å². The van der Waals surface area contributed by atoms with Crippen LogP contribution in [0.25, 0.3) is 0 Å². The Morgan fingerprint density at radius 1 is 0.857 bits per heavy atom. The number of benzene rings is 2. The minimum atomic E-state index is -3.57. The molecule has 2 aromatic rings. The monoisotopic (exact) mass is 411 g/mol.